The van der Waals surface area contributed by atoms with Gasteiger partial charge in [-0.2, -0.15) is 0 Å². The van der Waals surface area contributed by atoms with Gasteiger partial charge in [-0.05, 0) is 18.2 Å². The first-order valence-corrected chi connectivity index (χ1v) is 6.85. The molecule has 120 valence electrons. The van der Waals surface area contributed by atoms with Gasteiger partial charge in [0.25, 0.3) is 0 Å². The fourth-order valence-corrected chi connectivity index (χ4v) is 2.29. The summed E-state index contributed by atoms with van der Waals surface area (Å²) in [6.45, 7) is 0.703. The third-order valence-electron chi connectivity index (χ3n) is 3.41. The molecule has 1 amide bonds. The summed E-state index contributed by atoms with van der Waals surface area (Å²) in [6.07, 6.45) is 1.18. The number of rotatable bonds is 3. The molecule has 1 N–H and O–H groups in total. The zero-order valence-corrected chi connectivity index (χ0v) is 12.0. The van der Waals surface area contributed by atoms with Crippen LogP contribution in [0.1, 0.15) is 16.1 Å². The quantitative estimate of drug-likeness (QED) is 0.886. The molecule has 1 aromatic heterocycles. The minimum Gasteiger partial charge on any atom is -0.491 e. The van der Waals surface area contributed by atoms with Crippen LogP contribution in [0.25, 0.3) is 0 Å². The standard InChI is InChI=1S/C14H13FN4O4/c15-10-1-2-12-9(5-10)6-18(3-4-23-12)13(20)8-19-7-11(14(21)22)16-17-19/h1-2,5,7H,3-4,6,8H2,(H,21,22). The van der Waals surface area contributed by atoms with Gasteiger partial charge in [0.05, 0.1) is 12.7 Å². The van der Waals surface area contributed by atoms with Crippen molar-refractivity contribution in [3.63, 3.8) is 0 Å². The van der Waals surface area contributed by atoms with Crippen LogP contribution in [0.2, 0.25) is 0 Å². The number of carbonyl (C=O) groups excluding carboxylic acids is 1. The number of aromatic carboxylic acids is 1. The van der Waals surface area contributed by atoms with E-state index in [1.165, 1.54) is 29.3 Å². The molecule has 1 aliphatic rings. The first-order chi connectivity index (χ1) is 11.0. The van der Waals surface area contributed by atoms with Gasteiger partial charge in [-0.15, -0.1) is 5.10 Å². The number of amides is 1. The van der Waals surface area contributed by atoms with Gasteiger partial charge in [0.2, 0.25) is 5.91 Å². The Labute approximate surface area is 130 Å². The van der Waals surface area contributed by atoms with Crippen molar-refractivity contribution >= 4 is 11.9 Å². The van der Waals surface area contributed by atoms with Gasteiger partial charge >= 0.3 is 5.97 Å². The van der Waals surface area contributed by atoms with Crippen LogP contribution < -0.4 is 4.74 Å². The second kappa shape index (κ2) is 6.03. The second-order valence-corrected chi connectivity index (χ2v) is 5.02. The van der Waals surface area contributed by atoms with Gasteiger partial charge in [0.1, 0.15) is 24.7 Å². The number of hydrogen-bond donors (Lipinski definition) is 1. The van der Waals surface area contributed by atoms with E-state index in [0.717, 1.165) is 4.68 Å². The highest BCUT2D eigenvalue weighted by Crippen LogP contribution is 2.24. The van der Waals surface area contributed by atoms with E-state index >= 15 is 0 Å². The lowest BCUT2D eigenvalue weighted by Gasteiger charge is -2.19. The van der Waals surface area contributed by atoms with E-state index in [-0.39, 0.29) is 24.7 Å². The molecule has 0 aliphatic carbocycles. The number of aromatic nitrogens is 3. The summed E-state index contributed by atoms with van der Waals surface area (Å²) in [5, 5.41) is 15.8. The molecule has 0 bridgehead atoms. The molecule has 0 fully saturated rings. The number of hydrogen-bond acceptors (Lipinski definition) is 5. The zero-order valence-electron chi connectivity index (χ0n) is 12.0. The van der Waals surface area contributed by atoms with Crippen molar-refractivity contribution in [3.8, 4) is 5.75 Å². The Morgan fingerprint density at radius 2 is 2.22 bits per heavy atom. The Hall–Kier alpha value is -2.97. The molecule has 23 heavy (non-hydrogen) atoms. The van der Waals surface area contributed by atoms with Crippen molar-refractivity contribution in [2.45, 2.75) is 13.1 Å². The molecule has 0 unspecified atom stereocenters. The van der Waals surface area contributed by atoms with Crippen LogP contribution in [0, 0.1) is 5.82 Å². The molecule has 2 aromatic rings. The lowest BCUT2D eigenvalue weighted by molar-refractivity contribution is -0.132. The second-order valence-electron chi connectivity index (χ2n) is 5.02. The van der Waals surface area contributed by atoms with Gasteiger partial charge in [-0.25, -0.2) is 13.9 Å². The van der Waals surface area contributed by atoms with Crippen molar-refractivity contribution in [1.29, 1.82) is 0 Å². The average molecular weight is 320 g/mol. The van der Waals surface area contributed by atoms with E-state index in [1.807, 2.05) is 0 Å². The van der Waals surface area contributed by atoms with Crippen molar-refractivity contribution in [1.82, 2.24) is 19.9 Å². The first-order valence-electron chi connectivity index (χ1n) is 6.85. The fraction of sp³-hybridized carbons (Fsp3) is 0.286. The van der Waals surface area contributed by atoms with Crippen LogP contribution in [0.5, 0.6) is 5.75 Å². The van der Waals surface area contributed by atoms with Crippen LogP contribution in [0.3, 0.4) is 0 Å². The lowest BCUT2D eigenvalue weighted by atomic mass is 10.2. The molecule has 0 spiro atoms. The Bertz CT molecular complexity index is 761. The molecular formula is C14H13FN4O4. The van der Waals surface area contributed by atoms with Crippen molar-refractivity contribution in [3.05, 3.63) is 41.5 Å². The molecule has 2 heterocycles. The molecule has 8 nitrogen and oxygen atoms in total. The van der Waals surface area contributed by atoms with Crippen molar-refractivity contribution in [2.75, 3.05) is 13.2 Å². The monoisotopic (exact) mass is 320 g/mol. The predicted molar refractivity (Wildman–Crippen MR) is 74.3 cm³/mol. The fourth-order valence-electron chi connectivity index (χ4n) is 2.29. The smallest absolute Gasteiger partial charge is 0.358 e. The van der Waals surface area contributed by atoms with Gasteiger partial charge < -0.3 is 14.7 Å². The molecular weight excluding hydrogens is 307 g/mol. The minimum absolute atomic E-state index is 0.148. The zero-order chi connectivity index (χ0) is 16.4. The molecule has 1 aromatic carbocycles. The largest absolute Gasteiger partial charge is 0.491 e. The first kappa shape index (κ1) is 14.9. The Balaban J connectivity index is 1.73. The molecule has 0 atom stereocenters. The number of halogens is 1. The van der Waals surface area contributed by atoms with Gasteiger partial charge in [0, 0.05) is 12.1 Å². The number of benzene rings is 1. The highest BCUT2D eigenvalue weighted by Gasteiger charge is 2.21. The number of fused-ring (bicyclic) bond motifs is 1. The predicted octanol–water partition coefficient (Wildman–Crippen LogP) is 0.537. The number of carboxylic acid groups (broad SMARTS) is 1. The average Bonchev–Trinajstić information content (AvgIpc) is 2.86. The molecule has 0 saturated heterocycles. The lowest BCUT2D eigenvalue weighted by Crippen LogP contribution is -2.35. The third-order valence-corrected chi connectivity index (χ3v) is 3.41. The maximum atomic E-state index is 13.3. The molecule has 1 aliphatic heterocycles. The van der Waals surface area contributed by atoms with Gasteiger partial charge in [-0.3, -0.25) is 4.79 Å². The summed E-state index contributed by atoms with van der Waals surface area (Å²) in [5.74, 6) is -1.34. The number of ether oxygens (including phenoxy) is 1. The van der Waals surface area contributed by atoms with E-state index in [1.54, 1.807) is 0 Å². The SMILES string of the molecule is O=C(O)c1cn(CC(=O)N2CCOc3ccc(F)cc3C2)nn1. The van der Waals surface area contributed by atoms with Gasteiger partial charge in [0.15, 0.2) is 5.69 Å². The molecule has 3 rings (SSSR count). The highest BCUT2D eigenvalue weighted by atomic mass is 19.1. The number of carboxylic acids is 1. The van der Waals surface area contributed by atoms with Crippen LogP contribution in [-0.4, -0.2) is 50.0 Å². The molecule has 0 saturated carbocycles. The van der Waals surface area contributed by atoms with Gasteiger partial charge in [-0.1, -0.05) is 5.21 Å². The van der Waals surface area contributed by atoms with Crippen LogP contribution in [0.15, 0.2) is 24.4 Å². The van der Waals surface area contributed by atoms with Crippen LogP contribution >= 0.6 is 0 Å². The summed E-state index contributed by atoms with van der Waals surface area (Å²) >= 11 is 0. The number of carbonyl (C=O) groups is 2. The summed E-state index contributed by atoms with van der Waals surface area (Å²) < 4.78 is 20.0. The maximum absolute atomic E-state index is 13.3. The molecule has 9 heteroatoms. The van der Waals surface area contributed by atoms with Crippen LogP contribution in [0.4, 0.5) is 4.39 Å². The van der Waals surface area contributed by atoms with E-state index in [0.29, 0.717) is 24.5 Å². The Morgan fingerprint density at radius 1 is 1.39 bits per heavy atom. The van der Waals surface area contributed by atoms with Crippen LogP contribution in [-0.2, 0) is 17.9 Å². The number of nitrogens with zero attached hydrogens (tertiary/aromatic N) is 4. The summed E-state index contributed by atoms with van der Waals surface area (Å²) in [7, 11) is 0. The summed E-state index contributed by atoms with van der Waals surface area (Å²) in [4.78, 5) is 24.6. The minimum atomic E-state index is -1.21. The topological polar surface area (TPSA) is 97.5 Å². The molecule has 0 radical (unpaired) electrons. The Morgan fingerprint density at radius 3 is 2.96 bits per heavy atom. The van der Waals surface area contributed by atoms with E-state index in [4.69, 9.17) is 9.84 Å². The van der Waals surface area contributed by atoms with E-state index in [9.17, 15) is 14.0 Å². The maximum Gasteiger partial charge on any atom is 0.358 e. The normalized spacial score (nSPS) is 13.9. The van der Waals surface area contributed by atoms with E-state index < -0.39 is 11.8 Å². The summed E-state index contributed by atoms with van der Waals surface area (Å²) in [5.41, 5.74) is 0.352. The summed E-state index contributed by atoms with van der Waals surface area (Å²) in [6, 6.07) is 4.17. The highest BCUT2D eigenvalue weighted by molar-refractivity contribution is 5.84. The third kappa shape index (κ3) is 3.28. The Kier molecular flexibility index (Phi) is 3.92. The van der Waals surface area contributed by atoms with Crippen molar-refractivity contribution in [2.24, 2.45) is 0 Å². The van der Waals surface area contributed by atoms with Crippen molar-refractivity contribution < 1.29 is 23.8 Å². The van der Waals surface area contributed by atoms with E-state index in [2.05, 4.69) is 10.3 Å².